The maximum Gasteiger partial charge on any atom is 0.231 e. The molecule has 1 atom stereocenters. The highest BCUT2D eigenvalue weighted by Gasteiger charge is 2.51. The second-order valence-corrected chi connectivity index (χ2v) is 7.54. The third-order valence-corrected chi connectivity index (χ3v) is 5.96. The first-order valence-corrected chi connectivity index (χ1v) is 9.51. The van der Waals surface area contributed by atoms with Gasteiger partial charge < -0.3 is 19.5 Å². The van der Waals surface area contributed by atoms with Crippen molar-refractivity contribution in [1.82, 2.24) is 24.8 Å². The van der Waals surface area contributed by atoms with Crippen LogP contribution >= 0.6 is 0 Å². The Balaban J connectivity index is 1.33. The van der Waals surface area contributed by atoms with Crippen LogP contribution in [0.4, 0.5) is 5.95 Å². The van der Waals surface area contributed by atoms with E-state index in [9.17, 15) is 4.79 Å². The molecule has 8 nitrogen and oxygen atoms in total. The molecule has 1 N–H and O–H groups in total. The molecule has 1 amide bonds. The van der Waals surface area contributed by atoms with Gasteiger partial charge in [0.2, 0.25) is 17.7 Å². The summed E-state index contributed by atoms with van der Waals surface area (Å²) in [6.45, 7) is 2.83. The number of nitrogens with zero attached hydrogens (tertiary/aromatic N) is 5. The van der Waals surface area contributed by atoms with Gasteiger partial charge in [-0.05, 0) is 30.5 Å². The average Bonchev–Trinajstić information content (AvgIpc) is 3.43. The van der Waals surface area contributed by atoms with E-state index in [0.29, 0.717) is 24.9 Å². The molecule has 0 radical (unpaired) electrons. The van der Waals surface area contributed by atoms with Crippen LogP contribution in [-0.4, -0.2) is 57.5 Å². The molecule has 2 aliphatic rings. The largest absolute Gasteiger partial charge is 0.481 e. The number of aromatic amines is 1. The summed E-state index contributed by atoms with van der Waals surface area (Å²) in [4.78, 5) is 33.7. The minimum atomic E-state index is -0.337. The van der Waals surface area contributed by atoms with Crippen molar-refractivity contribution in [1.29, 1.82) is 0 Å². The molecule has 8 heteroatoms. The number of fused-ring (bicyclic) bond motifs is 1. The minimum Gasteiger partial charge on any atom is -0.481 e. The van der Waals surface area contributed by atoms with Gasteiger partial charge in [0.1, 0.15) is 5.65 Å². The number of methoxy groups -OCH3 is 1. The van der Waals surface area contributed by atoms with Crippen molar-refractivity contribution in [3.63, 3.8) is 0 Å². The van der Waals surface area contributed by atoms with Crippen LogP contribution in [0, 0.1) is 5.41 Å². The molecule has 144 valence electrons. The monoisotopic (exact) mass is 378 g/mol. The standard InChI is InChI=1S/C20H22N6O2/c1-28-16-4-8-22-19(24-16)26-10-6-20(13-26)5-9-25(18(20)27)12-14-11-23-17-15(14)3-2-7-21-17/h2-4,7-8,11H,5-6,9-10,12-13H2,1H3,(H,21,23). The summed E-state index contributed by atoms with van der Waals surface area (Å²) in [7, 11) is 1.59. The van der Waals surface area contributed by atoms with Crippen LogP contribution in [0.15, 0.2) is 36.8 Å². The Morgan fingerprint density at radius 3 is 3.00 bits per heavy atom. The number of aromatic nitrogens is 4. The zero-order valence-electron chi connectivity index (χ0n) is 15.8. The van der Waals surface area contributed by atoms with Crippen LogP contribution in [0.3, 0.4) is 0 Å². The molecule has 3 aromatic heterocycles. The Morgan fingerprint density at radius 2 is 2.11 bits per heavy atom. The van der Waals surface area contributed by atoms with Gasteiger partial charge >= 0.3 is 0 Å². The molecular weight excluding hydrogens is 356 g/mol. The Kier molecular flexibility index (Phi) is 3.92. The summed E-state index contributed by atoms with van der Waals surface area (Å²) in [6.07, 6.45) is 7.12. The predicted octanol–water partition coefficient (Wildman–Crippen LogP) is 1.99. The fraction of sp³-hybridized carbons (Fsp3) is 0.400. The third kappa shape index (κ3) is 2.67. The number of anilines is 1. The summed E-state index contributed by atoms with van der Waals surface area (Å²) in [5, 5.41) is 1.08. The molecule has 0 bridgehead atoms. The van der Waals surface area contributed by atoms with Gasteiger partial charge in [0.25, 0.3) is 0 Å². The number of carbonyl (C=O) groups excluding carboxylic acids is 1. The van der Waals surface area contributed by atoms with Crippen molar-refractivity contribution >= 4 is 22.9 Å². The summed E-state index contributed by atoms with van der Waals surface area (Å²) < 4.78 is 5.20. The van der Waals surface area contributed by atoms with Gasteiger partial charge in [0.15, 0.2) is 0 Å². The van der Waals surface area contributed by atoms with E-state index >= 15 is 0 Å². The second kappa shape index (κ2) is 6.47. The lowest BCUT2D eigenvalue weighted by atomic mass is 9.85. The van der Waals surface area contributed by atoms with E-state index in [0.717, 1.165) is 42.5 Å². The van der Waals surface area contributed by atoms with Gasteiger partial charge in [-0.15, -0.1) is 0 Å². The summed E-state index contributed by atoms with van der Waals surface area (Å²) >= 11 is 0. The normalized spacial score (nSPS) is 22.0. The van der Waals surface area contributed by atoms with E-state index < -0.39 is 0 Å². The number of pyridine rings is 1. The highest BCUT2D eigenvalue weighted by molar-refractivity contribution is 5.87. The van der Waals surface area contributed by atoms with Crippen molar-refractivity contribution in [2.45, 2.75) is 19.4 Å². The molecule has 5 rings (SSSR count). The lowest BCUT2D eigenvalue weighted by Gasteiger charge is -2.23. The first-order chi connectivity index (χ1) is 13.7. The Morgan fingerprint density at radius 1 is 1.21 bits per heavy atom. The topological polar surface area (TPSA) is 87.2 Å². The maximum atomic E-state index is 13.3. The SMILES string of the molecule is COc1ccnc(N2CCC3(CCN(Cc4c[nH]c5ncccc45)C3=O)C2)n1. The number of hydrogen-bond donors (Lipinski definition) is 1. The number of likely N-dealkylation sites (tertiary alicyclic amines) is 1. The second-order valence-electron chi connectivity index (χ2n) is 7.54. The lowest BCUT2D eigenvalue weighted by Crippen LogP contribution is -2.37. The maximum absolute atomic E-state index is 13.3. The number of amides is 1. The zero-order valence-corrected chi connectivity index (χ0v) is 15.8. The molecule has 0 aromatic carbocycles. The van der Waals surface area contributed by atoms with E-state index in [-0.39, 0.29) is 11.3 Å². The van der Waals surface area contributed by atoms with Crippen LogP contribution in [-0.2, 0) is 11.3 Å². The highest BCUT2D eigenvalue weighted by atomic mass is 16.5. The van der Waals surface area contributed by atoms with E-state index in [1.165, 1.54) is 0 Å². The summed E-state index contributed by atoms with van der Waals surface area (Å²) in [6, 6.07) is 5.70. The average molecular weight is 378 g/mol. The molecule has 2 aliphatic heterocycles. The number of rotatable bonds is 4. The quantitative estimate of drug-likeness (QED) is 0.747. The molecular formula is C20H22N6O2. The van der Waals surface area contributed by atoms with Crippen LogP contribution in [0.5, 0.6) is 5.88 Å². The predicted molar refractivity (Wildman–Crippen MR) is 104 cm³/mol. The van der Waals surface area contributed by atoms with E-state index in [4.69, 9.17) is 4.74 Å². The summed E-state index contributed by atoms with van der Waals surface area (Å²) in [5.74, 6) is 1.40. The molecule has 28 heavy (non-hydrogen) atoms. The van der Waals surface area contributed by atoms with Gasteiger partial charge in [-0.25, -0.2) is 9.97 Å². The van der Waals surface area contributed by atoms with Gasteiger partial charge in [0.05, 0.1) is 12.5 Å². The van der Waals surface area contributed by atoms with Crippen LogP contribution < -0.4 is 9.64 Å². The first-order valence-electron chi connectivity index (χ1n) is 9.51. The molecule has 5 heterocycles. The van der Waals surface area contributed by atoms with E-state index in [1.54, 1.807) is 25.6 Å². The van der Waals surface area contributed by atoms with Gasteiger partial charge in [0, 0.05) is 56.2 Å². The number of H-pyrrole nitrogens is 1. The van der Waals surface area contributed by atoms with Crippen molar-refractivity contribution in [3.05, 3.63) is 42.4 Å². The lowest BCUT2D eigenvalue weighted by molar-refractivity contribution is -0.135. The van der Waals surface area contributed by atoms with E-state index in [2.05, 4.69) is 24.8 Å². The van der Waals surface area contributed by atoms with Gasteiger partial charge in [-0.2, -0.15) is 4.98 Å². The van der Waals surface area contributed by atoms with Gasteiger partial charge in [-0.1, -0.05) is 0 Å². The Bertz CT molecular complexity index is 1030. The fourth-order valence-corrected chi connectivity index (χ4v) is 4.41. The van der Waals surface area contributed by atoms with Crippen LogP contribution in [0.1, 0.15) is 18.4 Å². The van der Waals surface area contributed by atoms with Crippen molar-refractivity contribution in [2.24, 2.45) is 5.41 Å². The van der Waals surface area contributed by atoms with E-state index in [1.807, 2.05) is 23.2 Å². The minimum absolute atomic E-state index is 0.233. The van der Waals surface area contributed by atoms with Crippen molar-refractivity contribution in [2.75, 3.05) is 31.6 Å². The fourth-order valence-electron chi connectivity index (χ4n) is 4.41. The van der Waals surface area contributed by atoms with Crippen molar-refractivity contribution in [3.8, 4) is 5.88 Å². The number of ether oxygens (including phenoxy) is 1. The van der Waals surface area contributed by atoms with Crippen LogP contribution in [0.25, 0.3) is 11.0 Å². The number of nitrogens with one attached hydrogen (secondary N) is 1. The third-order valence-electron chi connectivity index (χ3n) is 5.96. The molecule has 2 saturated heterocycles. The molecule has 3 aromatic rings. The van der Waals surface area contributed by atoms with Crippen LogP contribution in [0.2, 0.25) is 0 Å². The Labute approximate surface area is 162 Å². The summed E-state index contributed by atoms with van der Waals surface area (Å²) in [5.41, 5.74) is 1.64. The Hall–Kier alpha value is -3.16. The highest BCUT2D eigenvalue weighted by Crippen LogP contribution is 2.42. The molecule has 2 fully saturated rings. The molecule has 0 aliphatic carbocycles. The molecule has 0 saturated carbocycles. The zero-order chi connectivity index (χ0) is 19.1. The smallest absolute Gasteiger partial charge is 0.231 e. The number of hydrogen-bond acceptors (Lipinski definition) is 6. The molecule has 1 unspecified atom stereocenters. The van der Waals surface area contributed by atoms with Gasteiger partial charge in [-0.3, -0.25) is 4.79 Å². The molecule has 1 spiro atoms. The number of carbonyl (C=O) groups is 1. The van der Waals surface area contributed by atoms with Crippen molar-refractivity contribution < 1.29 is 9.53 Å². The first kappa shape index (κ1) is 17.0.